The van der Waals surface area contributed by atoms with Crippen molar-refractivity contribution < 1.29 is 13.7 Å². The van der Waals surface area contributed by atoms with E-state index >= 15 is 0 Å². The molecule has 0 atom stereocenters. The van der Waals surface area contributed by atoms with Gasteiger partial charge in [-0.2, -0.15) is 5.10 Å². The number of hydrogen-bond donors (Lipinski definition) is 1. The van der Waals surface area contributed by atoms with Crippen molar-refractivity contribution in [3.8, 4) is 11.5 Å². The highest BCUT2D eigenvalue weighted by Crippen LogP contribution is 2.20. The molecule has 120 valence electrons. The highest BCUT2D eigenvalue weighted by Gasteiger charge is 2.14. The molecule has 0 radical (unpaired) electrons. The molecule has 0 aliphatic rings. The quantitative estimate of drug-likeness (QED) is 0.646. The summed E-state index contributed by atoms with van der Waals surface area (Å²) in [6, 6.07) is 6.99. The third-order valence-electron chi connectivity index (χ3n) is 3.42. The van der Waals surface area contributed by atoms with Crippen LogP contribution in [0.15, 0.2) is 51.9 Å². The summed E-state index contributed by atoms with van der Waals surface area (Å²) in [5.41, 5.74) is 0.257. The van der Waals surface area contributed by atoms with Gasteiger partial charge in [-0.05, 0) is 37.5 Å². The number of amides is 1. The monoisotopic (exact) mass is 314 g/mol. The molecule has 23 heavy (non-hydrogen) atoms. The Kier molecular flexibility index (Phi) is 4.88. The fourth-order valence-electron chi connectivity index (χ4n) is 2.22. The maximum absolute atomic E-state index is 12.0. The zero-order chi connectivity index (χ0) is 15.9. The van der Waals surface area contributed by atoms with Gasteiger partial charge in [0.15, 0.2) is 11.5 Å². The number of nitrogens with one attached hydrogen (secondary N) is 1. The number of aryl methyl sites for hydroxylation is 1. The van der Waals surface area contributed by atoms with Crippen LogP contribution in [0.25, 0.3) is 11.5 Å². The molecule has 7 nitrogen and oxygen atoms in total. The average Bonchev–Trinajstić information content (AvgIpc) is 3.32. The lowest BCUT2D eigenvalue weighted by Crippen LogP contribution is -2.24. The highest BCUT2D eigenvalue weighted by atomic mass is 16.5. The van der Waals surface area contributed by atoms with Crippen molar-refractivity contribution in [1.29, 1.82) is 0 Å². The molecule has 0 aromatic carbocycles. The van der Waals surface area contributed by atoms with Gasteiger partial charge in [-0.25, -0.2) is 0 Å². The smallest absolute Gasteiger partial charge is 0.273 e. The van der Waals surface area contributed by atoms with E-state index in [4.69, 9.17) is 8.94 Å². The van der Waals surface area contributed by atoms with E-state index in [1.165, 1.54) is 0 Å². The Labute approximate surface area is 133 Å². The minimum Gasteiger partial charge on any atom is -0.461 e. The van der Waals surface area contributed by atoms with Crippen LogP contribution in [0.1, 0.15) is 29.8 Å². The van der Waals surface area contributed by atoms with Crippen LogP contribution in [0.5, 0.6) is 0 Å². The highest BCUT2D eigenvalue weighted by molar-refractivity contribution is 5.92. The standard InChI is InChI=1S/C16H18N4O3/c21-16(13-12-15(23-19-13)14-6-4-11-22-14)17-7-2-1-3-9-20-10-5-8-18-20/h4-6,8,10-12H,1-3,7,9H2,(H,17,21). The van der Waals surface area contributed by atoms with E-state index < -0.39 is 0 Å². The second-order valence-electron chi connectivity index (χ2n) is 5.14. The van der Waals surface area contributed by atoms with E-state index in [-0.39, 0.29) is 11.6 Å². The summed E-state index contributed by atoms with van der Waals surface area (Å²) in [4.78, 5) is 12.0. The number of nitrogens with zero attached hydrogens (tertiary/aromatic N) is 3. The third-order valence-corrected chi connectivity index (χ3v) is 3.42. The lowest BCUT2D eigenvalue weighted by Gasteiger charge is -2.03. The molecule has 0 spiro atoms. The van der Waals surface area contributed by atoms with E-state index in [9.17, 15) is 4.79 Å². The van der Waals surface area contributed by atoms with Crippen molar-refractivity contribution in [2.45, 2.75) is 25.8 Å². The first-order chi connectivity index (χ1) is 11.3. The van der Waals surface area contributed by atoms with Crippen molar-refractivity contribution in [1.82, 2.24) is 20.3 Å². The second-order valence-corrected chi connectivity index (χ2v) is 5.14. The Hall–Kier alpha value is -2.83. The van der Waals surface area contributed by atoms with E-state index in [0.717, 1.165) is 25.8 Å². The fourth-order valence-corrected chi connectivity index (χ4v) is 2.22. The van der Waals surface area contributed by atoms with Crippen LogP contribution < -0.4 is 5.32 Å². The van der Waals surface area contributed by atoms with Crippen LogP contribution in [0, 0.1) is 0 Å². The zero-order valence-electron chi connectivity index (χ0n) is 12.6. The van der Waals surface area contributed by atoms with Gasteiger partial charge in [0.25, 0.3) is 5.91 Å². The zero-order valence-corrected chi connectivity index (χ0v) is 12.6. The summed E-state index contributed by atoms with van der Waals surface area (Å²) in [6.07, 6.45) is 8.23. The lowest BCUT2D eigenvalue weighted by molar-refractivity contribution is 0.0944. The minimum absolute atomic E-state index is 0.237. The van der Waals surface area contributed by atoms with Crippen LogP contribution in [-0.2, 0) is 6.54 Å². The van der Waals surface area contributed by atoms with E-state index in [2.05, 4.69) is 15.6 Å². The maximum Gasteiger partial charge on any atom is 0.273 e. The number of hydrogen-bond acceptors (Lipinski definition) is 5. The van der Waals surface area contributed by atoms with E-state index in [0.29, 0.717) is 18.1 Å². The first kappa shape index (κ1) is 15.1. The molecule has 0 bridgehead atoms. The van der Waals surface area contributed by atoms with Crippen LogP contribution in [0.4, 0.5) is 0 Å². The largest absolute Gasteiger partial charge is 0.461 e. The topological polar surface area (TPSA) is 86.1 Å². The van der Waals surface area contributed by atoms with Crippen molar-refractivity contribution >= 4 is 5.91 Å². The summed E-state index contributed by atoms with van der Waals surface area (Å²) in [5.74, 6) is 0.758. The SMILES string of the molecule is O=C(NCCCCCn1cccn1)c1cc(-c2ccco2)on1. The maximum atomic E-state index is 12.0. The summed E-state index contributed by atoms with van der Waals surface area (Å²) in [6.45, 7) is 1.51. The van der Waals surface area contributed by atoms with Gasteiger partial charge < -0.3 is 14.3 Å². The van der Waals surface area contributed by atoms with Gasteiger partial charge in [0, 0.05) is 31.5 Å². The van der Waals surface area contributed by atoms with E-state index in [1.54, 1.807) is 30.7 Å². The predicted molar refractivity (Wildman–Crippen MR) is 82.6 cm³/mol. The molecule has 3 rings (SSSR count). The summed E-state index contributed by atoms with van der Waals surface area (Å²) >= 11 is 0. The molecule has 0 saturated carbocycles. The Morgan fingerprint density at radius 1 is 1.22 bits per heavy atom. The molecule has 0 unspecified atom stereocenters. The van der Waals surface area contributed by atoms with Gasteiger partial charge in [-0.3, -0.25) is 9.48 Å². The molecule has 3 aromatic rings. The number of carbonyl (C=O) groups is 1. The Balaban J connectivity index is 1.36. The van der Waals surface area contributed by atoms with Crippen LogP contribution in [0.2, 0.25) is 0 Å². The molecule has 1 amide bonds. The summed E-state index contributed by atoms with van der Waals surface area (Å²) in [5, 5.41) is 10.7. The van der Waals surface area contributed by atoms with Crippen molar-refractivity contribution in [2.24, 2.45) is 0 Å². The van der Waals surface area contributed by atoms with Gasteiger partial charge in [0.05, 0.1) is 6.26 Å². The predicted octanol–water partition coefficient (Wildman–Crippen LogP) is 2.73. The molecule has 1 N–H and O–H groups in total. The first-order valence-electron chi connectivity index (χ1n) is 7.59. The average molecular weight is 314 g/mol. The third kappa shape index (κ3) is 4.09. The van der Waals surface area contributed by atoms with Gasteiger partial charge >= 0.3 is 0 Å². The number of carbonyl (C=O) groups excluding carboxylic acids is 1. The van der Waals surface area contributed by atoms with Crippen molar-refractivity contribution in [3.05, 3.63) is 48.6 Å². The molecular weight excluding hydrogens is 296 g/mol. The van der Waals surface area contributed by atoms with Gasteiger partial charge in [0.2, 0.25) is 5.76 Å². The number of unbranched alkanes of at least 4 members (excludes halogenated alkanes) is 2. The molecule has 0 aliphatic heterocycles. The summed E-state index contributed by atoms with van der Waals surface area (Å²) in [7, 11) is 0. The minimum atomic E-state index is -0.237. The van der Waals surface area contributed by atoms with Gasteiger partial charge in [0.1, 0.15) is 0 Å². The second kappa shape index (κ2) is 7.44. The molecule has 7 heteroatoms. The number of furan rings is 1. The summed E-state index contributed by atoms with van der Waals surface area (Å²) < 4.78 is 12.2. The number of aromatic nitrogens is 3. The van der Waals surface area contributed by atoms with E-state index in [1.807, 2.05) is 16.9 Å². The fraction of sp³-hybridized carbons (Fsp3) is 0.312. The normalized spacial score (nSPS) is 10.8. The molecule has 0 fully saturated rings. The Morgan fingerprint density at radius 3 is 2.96 bits per heavy atom. The van der Waals surface area contributed by atoms with Crippen molar-refractivity contribution in [3.63, 3.8) is 0 Å². The molecule has 3 heterocycles. The number of rotatable bonds is 8. The molecule has 3 aromatic heterocycles. The Bertz CT molecular complexity index is 716. The van der Waals surface area contributed by atoms with Crippen molar-refractivity contribution in [2.75, 3.05) is 6.54 Å². The molecule has 0 aliphatic carbocycles. The molecule has 0 saturated heterocycles. The van der Waals surface area contributed by atoms with Crippen LogP contribution >= 0.6 is 0 Å². The van der Waals surface area contributed by atoms with Gasteiger partial charge in [-0.15, -0.1) is 0 Å². The molecular formula is C16H18N4O3. The van der Waals surface area contributed by atoms with Crippen LogP contribution in [0.3, 0.4) is 0 Å². The lowest BCUT2D eigenvalue weighted by atomic mass is 10.2. The van der Waals surface area contributed by atoms with Crippen LogP contribution in [-0.4, -0.2) is 27.4 Å². The van der Waals surface area contributed by atoms with Gasteiger partial charge in [-0.1, -0.05) is 5.16 Å². The first-order valence-corrected chi connectivity index (χ1v) is 7.59. The Morgan fingerprint density at radius 2 is 2.17 bits per heavy atom.